The van der Waals surface area contributed by atoms with E-state index in [-0.39, 0.29) is 24.0 Å². The minimum absolute atomic E-state index is 0.00588. The highest BCUT2D eigenvalue weighted by molar-refractivity contribution is 5.96. The fraction of sp³-hybridized carbons (Fsp3) is 0.600. The highest BCUT2D eigenvalue weighted by Crippen LogP contribution is 2.14. The van der Waals surface area contributed by atoms with Crippen LogP contribution in [0.15, 0.2) is 24.3 Å². The van der Waals surface area contributed by atoms with Gasteiger partial charge < -0.3 is 19.4 Å². The maximum atomic E-state index is 13.0. The molecule has 1 heterocycles. The van der Waals surface area contributed by atoms with E-state index in [1.807, 2.05) is 0 Å². The normalized spacial score (nSPS) is 14.1. The van der Waals surface area contributed by atoms with Crippen LogP contribution in [0.1, 0.15) is 30.6 Å². The number of non-ortho nitro benzene ring substituents is 1. The van der Waals surface area contributed by atoms with Gasteiger partial charge in [-0.2, -0.15) is 0 Å². The Morgan fingerprint density at radius 1 is 1.10 bits per heavy atom. The predicted octanol–water partition coefficient (Wildman–Crippen LogP) is 1.63. The Morgan fingerprint density at radius 2 is 1.72 bits per heavy atom. The van der Waals surface area contributed by atoms with Gasteiger partial charge in [-0.25, -0.2) is 0 Å². The Bertz CT molecular complexity index is 685. The van der Waals surface area contributed by atoms with Crippen molar-refractivity contribution in [1.29, 1.82) is 0 Å². The summed E-state index contributed by atoms with van der Waals surface area (Å²) in [5, 5.41) is 10.8. The molecule has 0 saturated carbocycles. The van der Waals surface area contributed by atoms with Crippen LogP contribution < -0.4 is 0 Å². The molecule has 1 aromatic rings. The van der Waals surface area contributed by atoms with Crippen molar-refractivity contribution in [2.45, 2.75) is 20.3 Å². The molecule has 0 N–H and O–H groups in total. The van der Waals surface area contributed by atoms with E-state index >= 15 is 0 Å². The number of nitro benzene ring substituents is 1. The molecule has 1 aliphatic heterocycles. The standard InChI is InChI=1S/C20H30N4O5/c1-3-21(4-2)10-5-11-23(16-19(25)22-12-14-29-15-13-22)20(26)17-6-8-18(9-7-17)24(27)28/h6-9H,3-5,10-16H2,1-2H3. The number of carbonyl (C=O) groups is 2. The van der Waals surface area contributed by atoms with Crippen molar-refractivity contribution >= 4 is 17.5 Å². The minimum atomic E-state index is -0.502. The van der Waals surface area contributed by atoms with Crippen LogP contribution in [0.2, 0.25) is 0 Å². The Kier molecular flexibility index (Phi) is 9.01. The first-order chi connectivity index (χ1) is 14.0. The maximum Gasteiger partial charge on any atom is 0.269 e. The van der Waals surface area contributed by atoms with Gasteiger partial charge in [-0.15, -0.1) is 0 Å². The van der Waals surface area contributed by atoms with Gasteiger partial charge in [-0.1, -0.05) is 13.8 Å². The second-order valence-corrected chi connectivity index (χ2v) is 6.90. The van der Waals surface area contributed by atoms with Crippen molar-refractivity contribution in [1.82, 2.24) is 14.7 Å². The second kappa shape index (κ2) is 11.5. The third kappa shape index (κ3) is 6.79. The molecule has 29 heavy (non-hydrogen) atoms. The second-order valence-electron chi connectivity index (χ2n) is 6.90. The lowest BCUT2D eigenvalue weighted by atomic mass is 10.1. The first kappa shape index (κ1) is 22.8. The molecule has 1 fully saturated rings. The Labute approximate surface area is 171 Å². The van der Waals surface area contributed by atoms with Crippen LogP contribution in [-0.4, -0.2) is 90.5 Å². The highest BCUT2D eigenvalue weighted by Gasteiger charge is 2.24. The van der Waals surface area contributed by atoms with Crippen LogP contribution in [-0.2, 0) is 9.53 Å². The number of nitrogens with zero attached hydrogens (tertiary/aromatic N) is 4. The van der Waals surface area contributed by atoms with E-state index in [4.69, 9.17) is 4.74 Å². The summed E-state index contributed by atoms with van der Waals surface area (Å²) in [5.74, 6) is -0.396. The molecule has 1 aliphatic rings. The molecule has 9 heteroatoms. The number of hydrogen-bond donors (Lipinski definition) is 0. The lowest BCUT2D eigenvalue weighted by molar-refractivity contribution is -0.384. The van der Waals surface area contributed by atoms with Gasteiger partial charge in [0, 0.05) is 37.3 Å². The van der Waals surface area contributed by atoms with E-state index in [1.165, 1.54) is 24.3 Å². The Balaban J connectivity index is 2.07. The van der Waals surface area contributed by atoms with Gasteiger partial charge in [0.2, 0.25) is 5.91 Å². The van der Waals surface area contributed by atoms with Crippen LogP contribution >= 0.6 is 0 Å². The van der Waals surface area contributed by atoms with Crippen molar-refractivity contribution in [3.63, 3.8) is 0 Å². The zero-order valence-electron chi connectivity index (χ0n) is 17.2. The average molecular weight is 406 g/mol. The SMILES string of the molecule is CCN(CC)CCCN(CC(=O)N1CCOCC1)C(=O)c1ccc([N+](=O)[O-])cc1. The van der Waals surface area contributed by atoms with Crippen molar-refractivity contribution in [2.75, 3.05) is 59.0 Å². The fourth-order valence-electron chi connectivity index (χ4n) is 3.26. The number of ether oxygens (including phenoxy) is 1. The molecule has 0 atom stereocenters. The van der Waals surface area contributed by atoms with Gasteiger partial charge in [0.15, 0.2) is 0 Å². The van der Waals surface area contributed by atoms with Gasteiger partial charge in [-0.3, -0.25) is 19.7 Å². The third-order valence-corrected chi connectivity index (χ3v) is 5.10. The maximum absolute atomic E-state index is 13.0. The molecular formula is C20H30N4O5. The molecule has 0 spiro atoms. The van der Waals surface area contributed by atoms with Crippen LogP contribution in [0.3, 0.4) is 0 Å². The van der Waals surface area contributed by atoms with Gasteiger partial charge in [0.1, 0.15) is 6.54 Å². The Hall–Kier alpha value is -2.52. The first-order valence-electron chi connectivity index (χ1n) is 10.1. The smallest absolute Gasteiger partial charge is 0.269 e. The van der Waals surface area contributed by atoms with Gasteiger partial charge >= 0.3 is 0 Å². The van der Waals surface area contributed by atoms with E-state index < -0.39 is 4.92 Å². The third-order valence-electron chi connectivity index (χ3n) is 5.10. The zero-order valence-corrected chi connectivity index (χ0v) is 17.2. The van der Waals surface area contributed by atoms with Crippen molar-refractivity contribution in [3.05, 3.63) is 39.9 Å². The molecule has 0 unspecified atom stereocenters. The minimum Gasteiger partial charge on any atom is -0.378 e. The highest BCUT2D eigenvalue weighted by atomic mass is 16.6. The summed E-state index contributed by atoms with van der Waals surface area (Å²) in [6, 6.07) is 5.50. The lowest BCUT2D eigenvalue weighted by Crippen LogP contribution is -2.47. The van der Waals surface area contributed by atoms with E-state index in [0.717, 1.165) is 26.1 Å². The monoisotopic (exact) mass is 406 g/mol. The van der Waals surface area contributed by atoms with E-state index in [2.05, 4.69) is 18.7 Å². The predicted molar refractivity (Wildman–Crippen MR) is 109 cm³/mol. The lowest BCUT2D eigenvalue weighted by Gasteiger charge is -2.30. The Morgan fingerprint density at radius 3 is 2.28 bits per heavy atom. The summed E-state index contributed by atoms with van der Waals surface area (Å²) in [7, 11) is 0. The number of carbonyl (C=O) groups excluding carboxylic acids is 2. The fourth-order valence-corrected chi connectivity index (χ4v) is 3.26. The summed E-state index contributed by atoms with van der Waals surface area (Å²) < 4.78 is 5.28. The number of nitro groups is 1. The van der Waals surface area contributed by atoms with Gasteiger partial charge in [0.25, 0.3) is 11.6 Å². The van der Waals surface area contributed by atoms with Gasteiger partial charge in [0.05, 0.1) is 18.1 Å². The molecular weight excluding hydrogens is 376 g/mol. The summed E-state index contributed by atoms with van der Waals surface area (Å²) in [6.45, 7) is 9.37. The molecule has 0 aliphatic carbocycles. The summed E-state index contributed by atoms with van der Waals surface area (Å²) in [4.78, 5) is 41.5. The van der Waals surface area contributed by atoms with Crippen LogP contribution in [0.5, 0.6) is 0 Å². The molecule has 2 rings (SSSR count). The largest absolute Gasteiger partial charge is 0.378 e. The molecule has 2 amide bonds. The molecule has 0 radical (unpaired) electrons. The van der Waals surface area contributed by atoms with Crippen LogP contribution in [0.25, 0.3) is 0 Å². The van der Waals surface area contributed by atoms with Crippen molar-refractivity contribution in [2.24, 2.45) is 0 Å². The summed E-state index contributed by atoms with van der Waals surface area (Å²) >= 11 is 0. The number of morpholine rings is 1. The number of amides is 2. The molecule has 0 bridgehead atoms. The molecule has 9 nitrogen and oxygen atoms in total. The quantitative estimate of drug-likeness (QED) is 0.433. The van der Waals surface area contributed by atoms with Crippen LogP contribution in [0.4, 0.5) is 5.69 Å². The first-order valence-corrected chi connectivity index (χ1v) is 10.1. The molecule has 160 valence electrons. The van der Waals surface area contributed by atoms with E-state index in [9.17, 15) is 19.7 Å². The van der Waals surface area contributed by atoms with E-state index in [0.29, 0.717) is 38.4 Å². The zero-order chi connectivity index (χ0) is 21.2. The van der Waals surface area contributed by atoms with Crippen molar-refractivity contribution in [3.8, 4) is 0 Å². The van der Waals surface area contributed by atoms with E-state index in [1.54, 1.807) is 9.80 Å². The van der Waals surface area contributed by atoms with Gasteiger partial charge in [-0.05, 0) is 38.2 Å². The molecule has 1 aromatic carbocycles. The van der Waals surface area contributed by atoms with Crippen LogP contribution in [0, 0.1) is 10.1 Å². The molecule has 0 aromatic heterocycles. The summed E-state index contributed by atoms with van der Waals surface area (Å²) in [5.41, 5.74) is 0.271. The number of benzene rings is 1. The number of hydrogen-bond acceptors (Lipinski definition) is 6. The topological polar surface area (TPSA) is 96.2 Å². The number of rotatable bonds is 10. The summed E-state index contributed by atoms with van der Waals surface area (Å²) in [6.07, 6.45) is 0.747. The molecule has 1 saturated heterocycles. The van der Waals surface area contributed by atoms with Crippen molar-refractivity contribution < 1.29 is 19.2 Å². The average Bonchev–Trinajstić information content (AvgIpc) is 2.76.